The Labute approximate surface area is 150 Å². The lowest BCUT2D eigenvalue weighted by atomic mass is 10.1. The van der Waals surface area contributed by atoms with Gasteiger partial charge in [0.2, 0.25) is 0 Å². The summed E-state index contributed by atoms with van der Waals surface area (Å²) in [5.74, 6) is 0.00799. The van der Waals surface area contributed by atoms with E-state index < -0.39 is 10.3 Å². The Morgan fingerprint density at radius 3 is 2.38 bits per heavy atom. The molecule has 0 saturated heterocycles. The molecular weight excluding hydrogens is 356 g/mol. The van der Waals surface area contributed by atoms with Crippen LogP contribution in [0, 0.1) is 0 Å². The fourth-order valence-electron chi connectivity index (χ4n) is 2.59. The minimum Gasteiger partial charge on any atom is -0.464 e. The van der Waals surface area contributed by atoms with E-state index in [4.69, 9.17) is 4.42 Å². The first-order chi connectivity index (χ1) is 12.4. The summed E-state index contributed by atoms with van der Waals surface area (Å²) in [6.45, 7) is 0. The molecule has 0 aliphatic carbocycles. The van der Waals surface area contributed by atoms with Crippen LogP contribution in [-0.2, 0) is 10.3 Å². The molecule has 26 heavy (non-hydrogen) atoms. The number of rotatable bonds is 5. The number of furan rings is 1. The second-order valence-corrected chi connectivity index (χ2v) is 6.63. The Balaban J connectivity index is 2.29. The molecule has 0 fully saturated rings. The standard InChI is InChI=1S/C18H16N2O5S/c1-19-18(21)13-9-10-15(17-8-5-11-25-17)16(12-13)20(26(22,23)24)14-6-3-2-4-7-14/h2-12H,1H3,(H,19,21)(H,22,23,24). The summed E-state index contributed by atoms with van der Waals surface area (Å²) in [5.41, 5.74) is 0.957. The van der Waals surface area contributed by atoms with Crippen LogP contribution in [0.4, 0.5) is 11.4 Å². The van der Waals surface area contributed by atoms with Crippen molar-refractivity contribution in [3.63, 3.8) is 0 Å². The van der Waals surface area contributed by atoms with Gasteiger partial charge in [-0.3, -0.25) is 9.35 Å². The molecule has 0 atom stereocenters. The Hall–Kier alpha value is -3.10. The molecular formula is C18H16N2O5S. The van der Waals surface area contributed by atoms with Crippen LogP contribution in [-0.4, -0.2) is 25.9 Å². The van der Waals surface area contributed by atoms with Crippen molar-refractivity contribution in [3.05, 3.63) is 72.5 Å². The van der Waals surface area contributed by atoms with Gasteiger partial charge in [-0.2, -0.15) is 8.42 Å². The number of nitrogens with zero attached hydrogens (tertiary/aromatic N) is 1. The molecule has 0 aliphatic heterocycles. The first-order valence-corrected chi connectivity index (χ1v) is 9.04. The lowest BCUT2D eigenvalue weighted by Gasteiger charge is -2.23. The average molecular weight is 372 g/mol. The second kappa shape index (κ2) is 7.03. The summed E-state index contributed by atoms with van der Waals surface area (Å²) >= 11 is 0. The zero-order chi connectivity index (χ0) is 18.7. The number of anilines is 2. The van der Waals surface area contributed by atoms with Gasteiger partial charge in [0.1, 0.15) is 5.76 Å². The lowest BCUT2D eigenvalue weighted by Crippen LogP contribution is -2.26. The van der Waals surface area contributed by atoms with Crippen LogP contribution >= 0.6 is 0 Å². The van der Waals surface area contributed by atoms with Crippen molar-refractivity contribution in [1.29, 1.82) is 0 Å². The number of nitrogens with one attached hydrogen (secondary N) is 1. The van der Waals surface area contributed by atoms with E-state index in [1.54, 1.807) is 42.5 Å². The number of amides is 1. The maximum Gasteiger partial charge on any atom is 0.364 e. The van der Waals surface area contributed by atoms with Crippen molar-refractivity contribution >= 4 is 27.6 Å². The highest BCUT2D eigenvalue weighted by atomic mass is 32.2. The van der Waals surface area contributed by atoms with Crippen LogP contribution in [0.15, 0.2) is 71.3 Å². The zero-order valence-electron chi connectivity index (χ0n) is 13.8. The summed E-state index contributed by atoms with van der Waals surface area (Å²) in [5, 5.41) is 2.49. The lowest BCUT2D eigenvalue weighted by molar-refractivity contribution is 0.0963. The van der Waals surface area contributed by atoms with E-state index in [9.17, 15) is 17.8 Å². The monoisotopic (exact) mass is 372 g/mol. The van der Waals surface area contributed by atoms with Gasteiger partial charge in [0.15, 0.2) is 0 Å². The molecule has 1 amide bonds. The predicted octanol–water partition coefficient (Wildman–Crippen LogP) is 3.25. The van der Waals surface area contributed by atoms with E-state index in [0.29, 0.717) is 11.3 Å². The van der Waals surface area contributed by atoms with Gasteiger partial charge in [-0.15, -0.1) is 0 Å². The number of carbonyl (C=O) groups excluding carboxylic acids is 1. The van der Waals surface area contributed by atoms with E-state index >= 15 is 0 Å². The van der Waals surface area contributed by atoms with Crippen LogP contribution in [0.1, 0.15) is 10.4 Å². The predicted molar refractivity (Wildman–Crippen MR) is 97.7 cm³/mol. The molecule has 1 heterocycles. The molecule has 0 bridgehead atoms. The minimum atomic E-state index is -4.67. The van der Waals surface area contributed by atoms with E-state index in [0.717, 1.165) is 4.31 Å². The molecule has 1 aromatic heterocycles. The number of hydrogen-bond donors (Lipinski definition) is 2. The van der Waals surface area contributed by atoms with Gasteiger partial charge >= 0.3 is 10.3 Å². The maximum atomic E-state index is 12.2. The normalized spacial score (nSPS) is 11.2. The summed E-state index contributed by atoms with van der Waals surface area (Å²) in [4.78, 5) is 12.0. The van der Waals surface area contributed by atoms with Gasteiger partial charge < -0.3 is 9.73 Å². The van der Waals surface area contributed by atoms with Crippen LogP contribution in [0.2, 0.25) is 0 Å². The summed E-state index contributed by atoms with van der Waals surface area (Å²) in [6, 6.07) is 15.9. The quantitative estimate of drug-likeness (QED) is 0.670. The largest absolute Gasteiger partial charge is 0.464 e. The van der Waals surface area contributed by atoms with E-state index in [-0.39, 0.29) is 22.8 Å². The molecule has 0 aliphatic rings. The molecule has 7 nitrogen and oxygen atoms in total. The maximum absolute atomic E-state index is 12.2. The molecule has 2 N–H and O–H groups in total. The Bertz CT molecular complexity index is 1010. The third kappa shape index (κ3) is 3.46. The molecule has 0 radical (unpaired) electrons. The average Bonchev–Trinajstić information content (AvgIpc) is 3.15. The molecule has 0 saturated carbocycles. The van der Waals surface area contributed by atoms with E-state index in [1.807, 2.05) is 0 Å². The van der Waals surface area contributed by atoms with Gasteiger partial charge in [0, 0.05) is 18.2 Å². The Morgan fingerprint density at radius 1 is 1.08 bits per heavy atom. The molecule has 0 unspecified atom stereocenters. The van der Waals surface area contributed by atoms with Gasteiger partial charge in [0.05, 0.1) is 17.6 Å². The Morgan fingerprint density at radius 2 is 1.81 bits per heavy atom. The third-order valence-corrected chi connectivity index (χ3v) is 4.58. The van der Waals surface area contributed by atoms with E-state index in [1.165, 1.54) is 31.5 Å². The highest BCUT2D eigenvalue weighted by Gasteiger charge is 2.26. The minimum absolute atomic E-state index is 0.0924. The number of hydrogen-bond acceptors (Lipinski definition) is 4. The zero-order valence-corrected chi connectivity index (χ0v) is 14.6. The number of para-hydroxylation sites is 1. The third-order valence-electron chi connectivity index (χ3n) is 3.71. The molecule has 8 heteroatoms. The SMILES string of the molecule is CNC(=O)c1ccc(-c2ccco2)c(N(c2ccccc2)S(=O)(=O)O)c1. The summed E-state index contributed by atoms with van der Waals surface area (Å²) in [7, 11) is -3.20. The first kappa shape index (κ1) is 17.7. The van der Waals surface area contributed by atoms with Crippen molar-refractivity contribution < 1.29 is 22.2 Å². The van der Waals surface area contributed by atoms with E-state index in [2.05, 4.69) is 5.32 Å². The van der Waals surface area contributed by atoms with Crippen LogP contribution in [0.25, 0.3) is 11.3 Å². The second-order valence-electron chi connectivity index (χ2n) is 5.37. The van der Waals surface area contributed by atoms with Crippen molar-refractivity contribution in [2.45, 2.75) is 0 Å². The highest BCUT2D eigenvalue weighted by molar-refractivity contribution is 7.87. The number of benzene rings is 2. The van der Waals surface area contributed by atoms with Crippen LogP contribution < -0.4 is 9.62 Å². The molecule has 2 aromatic carbocycles. The fourth-order valence-corrected chi connectivity index (χ4v) is 3.37. The summed E-state index contributed by atoms with van der Waals surface area (Å²) < 4.78 is 40.3. The molecule has 3 rings (SSSR count). The first-order valence-electron chi connectivity index (χ1n) is 7.64. The summed E-state index contributed by atoms with van der Waals surface area (Å²) in [6.07, 6.45) is 1.45. The van der Waals surface area contributed by atoms with Gasteiger partial charge in [0.25, 0.3) is 5.91 Å². The van der Waals surface area contributed by atoms with Crippen LogP contribution in [0.5, 0.6) is 0 Å². The number of carbonyl (C=O) groups is 1. The van der Waals surface area contributed by atoms with Crippen molar-refractivity contribution in [3.8, 4) is 11.3 Å². The van der Waals surface area contributed by atoms with Crippen LogP contribution in [0.3, 0.4) is 0 Å². The van der Waals surface area contributed by atoms with Gasteiger partial charge in [-0.1, -0.05) is 18.2 Å². The van der Waals surface area contributed by atoms with Crippen molar-refractivity contribution in [1.82, 2.24) is 5.32 Å². The fraction of sp³-hybridized carbons (Fsp3) is 0.0556. The molecule has 3 aromatic rings. The molecule has 0 spiro atoms. The van der Waals surface area contributed by atoms with Gasteiger partial charge in [-0.25, -0.2) is 4.31 Å². The van der Waals surface area contributed by atoms with Crippen molar-refractivity contribution in [2.75, 3.05) is 11.4 Å². The van der Waals surface area contributed by atoms with Crippen molar-refractivity contribution in [2.24, 2.45) is 0 Å². The Kier molecular flexibility index (Phi) is 4.79. The smallest absolute Gasteiger partial charge is 0.364 e. The topological polar surface area (TPSA) is 99.9 Å². The molecule has 134 valence electrons. The van der Waals surface area contributed by atoms with Gasteiger partial charge in [-0.05, 0) is 42.5 Å². The highest BCUT2D eigenvalue weighted by Crippen LogP contribution is 2.37.